The molecule has 1 unspecified atom stereocenters. The molecule has 1 atom stereocenters. The third kappa shape index (κ3) is 4.72. The van der Waals surface area contributed by atoms with Crippen molar-refractivity contribution in [1.29, 1.82) is 0 Å². The second kappa shape index (κ2) is 9.03. The Kier molecular flexibility index (Phi) is 6.26. The van der Waals surface area contributed by atoms with Crippen LogP contribution in [0.1, 0.15) is 22.5 Å². The smallest absolute Gasteiger partial charge is 0.374 e. The van der Waals surface area contributed by atoms with Crippen LogP contribution in [0.4, 0.5) is 8.78 Å². The van der Waals surface area contributed by atoms with Crippen molar-refractivity contribution < 1.29 is 28.3 Å². The maximum absolute atomic E-state index is 13.1. The standard InChI is InChI=1S/C20H16F2N4O4/c21-20(22)26-11-13(16(25-26)14-8-4-5-9-23-14)18(28)24-15(17(27)19(29)30)10-12-6-2-1-3-7-12/h1-9,11,15,20H,10H2,(H,24,28)(H,29,30). The van der Waals surface area contributed by atoms with Crippen LogP contribution in [-0.2, 0) is 16.0 Å². The van der Waals surface area contributed by atoms with Crippen molar-refractivity contribution in [2.75, 3.05) is 0 Å². The van der Waals surface area contributed by atoms with Gasteiger partial charge in [0.05, 0.1) is 11.3 Å². The number of carbonyl (C=O) groups is 3. The van der Waals surface area contributed by atoms with E-state index in [1.807, 2.05) is 0 Å². The Morgan fingerprint density at radius 2 is 1.77 bits per heavy atom. The minimum atomic E-state index is -3.00. The molecule has 1 amide bonds. The van der Waals surface area contributed by atoms with E-state index in [2.05, 4.69) is 15.4 Å². The van der Waals surface area contributed by atoms with Gasteiger partial charge in [-0.3, -0.25) is 14.6 Å². The molecule has 0 aliphatic rings. The fourth-order valence-electron chi connectivity index (χ4n) is 2.79. The number of Topliss-reactive ketones (excluding diaryl/α,β-unsaturated/α-hetero) is 1. The van der Waals surface area contributed by atoms with Crippen LogP contribution < -0.4 is 5.32 Å². The van der Waals surface area contributed by atoms with Crippen molar-refractivity contribution in [3.63, 3.8) is 0 Å². The Labute approximate surface area is 169 Å². The lowest BCUT2D eigenvalue weighted by atomic mass is 10.0. The van der Waals surface area contributed by atoms with E-state index < -0.39 is 30.3 Å². The molecule has 3 rings (SSSR count). The molecule has 8 nitrogen and oxygen atoms in total. The van der Waals surface area contributed by atoms with Crippen LogP contribution in [0.25, 0.3) is 11.4 Å². The summed E-state index contributed by atoms with van der Waals surface area (Å²) in [6.07, 6.45) is 2.15. The van der Waals surface area contributed by atoms with Gasteiger partial charge in [0.25, 0.3) is 11.7 Å². The number of nitrogens with zero attached hydrogens (tertiary/aromatic N) is 3. The Morgan fingerprint density at radius 1 is 1.07 bits per heavy atom. The summed E-state index contributed by atoms with van der Waals surface area (Å²) in [4.78, 5) is 40.2. The Bertz CT molecular complexity index is 1060. The molecule has 0 aliphatic carbocycles. The fraction of sp³-hybridized carbons (Fsp3) is 0.150. The van der Waals surface area contributed by atoms with Crippen LogP contribution in [0, 0.1) is 0 Å². The van der Waals surface area contributed by atoms with E-state index in [9.17, 15) is 23.2 Å². The molecule has 0 bridgehead atoms. The normalized spacial score (nSPS) is 11.8. The Hall–Kier alpha value is -3.95. The molecular formula is C20H16F2N4O4. The highest BCUT2D eigenvalue weighted by Gasteiger charge is 2.29. The van der Waals surface area contributed by atoms with E-state index >= 15 is 0 Å². The molecule has 1 aromatic carbocycles. The molecule has 3 aromatic rings. The van der Waals surface area contributed by atoms with Gasteiger partial charge >= 0.3 is 12.5 Å². The summed E-state index contributed by atoms with van der Waals surface area (Å²) in [6.45, 7) is -3.00. The number of ketones is 1. The molecule has 2 aromatic heterocycles. The quantitative estimate of drug-likeness (QED) is 0.547. The molecule has 0 fully saturated rings. The number of pyridine rings is 1. The summed E-state index contributed by atoms with van der Waals surface area (Å²) >= 11 is 0. The number of carbonyl (C=O) groups excluding carboxylic acids is 2. The highest BCUT2D eigenvalue weighted by atomic mass is 19.3. The first-order chi connectivity index (χ1) is 14.4. The van der Waals surface area contributed by atoms with Gasteiger partial charge in [0, 0.05) is 18.8 Å². The molecule has 0 saturated carbocycles. The monoisotopic (exact) mass is 414 g/mol. The minimum absolute atomic E-state index is 0.0837. The number of aromatic nitrogens is 3. The molecule has 2 N–H and O–H groups in total. The number of benzene rings is 1. The van der Waals surface area contributed by atoms with Crippen molar-refractivity contribution in [2.45, 2.75) is 19.0 Å². The summed E-state index contributed by atoms with van der Waals surface area (Å²) in [5.41, 5.74) is 0.414. The highest BCUT2D eigenvalue weighted by Crippen LogP contribution is 2.23. The van der Waals surface area contributed by atoms with Crippen molar-refractivity contribution in [1.82, 2.24) is 20.1 Å². The molecule has 10 heteroatoms. The van der Waals surface area contributed by atoms with Crippen molar-refractivity contribution in [3.8, 4) is 11.4 Å². The average molecular weight is 414 g/mol. The number of nitrogens with one attached hydrogen (secondary N) is 1. The van der Waals surface area contributed by atoms with Gasteiger partial charge in [0.2, 0.25) is 0 Å². The SMILES string of the molecule is O=C(O)C(=O)C(Cc1ccccc1)NC(=O)c1cn(C(F)F)nc1-c1ccccn1. The first-order valence-corrected chi connectivity index (χ1v) is 8.77. The molecule has 0 saturated heterocycles. The van der Waals surface area contributed by atoms with Crippen LogP contribution in [0.15, 0.2) is 60.9 Å². The third-order valence-corrected chi connectivity index (χ3v) is 4.20. The highest BCUT2D eigenvalue weighted by molar-refractivity contribution is 6.35. The van der Waals surface area contributed by atoms with Gasteiger partial charge in [0.15, 0.2) is 0 Å². The van der Waals surface area contributed by atoms with Gasteiger partial charge in [0.1, 0.15) is 11.7 Å². The van der Waals surface area contributed by atoms with Gasteiger partial charge in [-0.15, -0.1) is 0 Å². The van der Waals surface area contributed by atoms with Gasteiger partial charge in [-0.2, -0.15) is 13.9 Å². The predicted molar refractivity (Wildman–Crippen MR) is 101 cm³/mol. The number of carboxylic acid groups (broad SMARTS) is 1. The van der Waals surface area contributed by atoms with E-state index in [4.69, 9.17) is 5.11 Å². The number of alkyl halides is 2. The van der Waals surface area contributed by atoms with Crippen LogP contribution in [0.5, 0.6) is 0 Å². The lowest BCUT2D eigenvalue weighted by molar-refractivity contribution is -0.149. The fourth-order valence-corrected chi connectivity index (χ4v) is 2.79. The number of hydrogen-bond donors (Lipinski definition) is 2. The van der Waals surface area contributed by atoms with Gasteiger partial charge in [-0.05, 0) is 17.7 Å². The first kappa shape index (κ1) is 20.8. The van der Waals surface area contributed by atoms with E-state index in [1.165, 1.54) is 12.3 Å². The molecule has 30 heavy (non-hydrogen) atoms. The summed E-state index contributed by atoms with van der Waals surface area (Å²) in [5, 5.41) is 15.1. The van der Waals surface area contributed by atoms with Gasteiger partial charge in [-0.25, -0.2) is 9.48 Å². The maximum Gasteiger partial charge on any atom is 0.374 e. The van der Waals surface area contributed by atoms with Crippen molar-refractivity contribution in [2.24, 2.45) is 0 Å². The number of carboxylic acids is 1. The van der Waals surface area contributed by atoms with Crippen LogP contribution in [0.2, 0.25) is 0 Å². The number of hydrogen-bond acceptors (Lipinski definition) is 5. The molecule has 0 aliphatic heterocycles. The number of halogens is 2. The van der Waals surface area contributed by atoms with Crippen LogP contribution in [0.3, 0.4) is 0 Å². The van der Waals surface area contributed by atoms with E-state index in [0.29, 0.717) is 10.2 Å². The number of aliphatic carboxylic acids is 1. The van der Waals surface area contributed by atoms with Gasteiger partial charge < -0.3 is 10.4 Å². The molecule has 0 spiro atoms. The first-order valence-electron chi connectivity index (χ1n) is 8.77. The lowest BCUT2D eigenvalue weighted by Crippen LogP contribution is -2.45. The molecule has 0 radical (unpaired) electrons. The molecule has 2 heterocycles. The largest absolute Gasteiger partial charge is 0.475 e. The summed E-state index contributed by atoms with van der Waals surface area (Å²) in [5.74, 6) is -3.87. The van der Waals surface area contributed by atoms with Gasteiger partial charge in [-0.1, -0.05) is 36.4 Å². The topological polar surface area (TPSA) is 114 Å². The lowest BCUT2D eigenvalue weighted by Gasteiger charge is -2.16. The van der Waals surface area contributed by atoms with Crippen molar-refractivity contribution in [3.05, 3.63) is 72.1 Å². The number of rotatable bonds is 8. The molecular weight excluding hydrogens is 398 g/mol. The minimum Gasteiger partial charge on any atom is -0.475 e. The zero-order valence-electron chi connectivity index (χ0n) is 15.4. The molecule has 154 valence electrons. The van der Waals surface area contributed by atoms with E-state index in [-0.39, 0.29) is 23.4 Å². The van der Waals surface area contributed by atoms with Crippen LogP contribution >= 0.6 is 0 Å². The zero-order chi connectivity index (χ0) is 21.7. The summed E-state index contributed by atoms with van der Waals surface area (Å²) in [6, 6.07) is 11.8. The maximum atomic E-state index is 13.1. The zero-order valence-corrected chi connectivity index (χ0v) is 15.4. The number of amides is 1. The van der Waals surface area contributed by atoms with Crippen LogP contribution in [-0.4, -0.2) is 43.6 Å². The second-order valence-electron chi connectivity index (χ2n) is 6.25. The average Bonchev–Trinajstić information content (AvgIpc) is 3.20. The van der Waals surface area contributed by atoms with Crippen molar-refractivity contribution >= 4 is 17.7 Å². The van der Waals surface area contributed by atoms with E-state index in [0.717, 1.165) is 6.20 Å². The second-order valence-corrected chi connectivity index (χ2v) is 6.25. The summed E-state index contributed by atoms with van der Waals surface area (Å²) in [7, 11) is 0. The summed E-state index contributed by atoms with van der Waals surface area (Å²) < 4.78 is 26.6. The predicted octanol–water partition coefficient (Wildman–Crippen LogP) is 2.33. The van der Waals surface area contributed by atoms with E-state index in [1.54, 1.807) is 42.5 Å². The Morgan fingerprint density at radius 3 is 2.37 bits per heavy atom. The Balaban J connectivity index is 1.93. The third-order valence-electron chi connectivity index (χ3n) is 4.20.